The van der Waals surface area contributed by atoms with Gasteiger partial charge in [-0.2, -0.15) is 5.10 Å². The van der Waals surface area contributed by atoms with E-state index in [9.17, 15) is 0 Å². The molecule has 0 aliphatic rings. The van der Waals surface area contributed by atoms with Crippen molar-refractivity contribution in [3.63, 3.8) is 0 Å². The first-order valence-corrected chi connectivity index (χ1v) is 7.10. The van der Waals surface area contributed by atoms with Gasteiger partial charge in [0.15, 0.2) is 0 Å². The third kappa shape index (κ3) is 2.95. The van der Waals surface area contributed by atoms with Crippen LogP contribution in [0, 0.1) is 6.92 Å². The summed E-state index contributed by atoms with van der Waals surface area (Å²) in [5.74, 6) is 0.803. The summed E-state index contributed by atoms with van der Waals surface area (Å²) in [6, 6.07) is 1.98. The predicted octanol–water partition coefficient (Wildman–Crippen LogP) is 3.66. The largest absolute Gasteiger partial charge is 0.263 e. The molecule has 0 amide bonds. The fourth-order valence-electron chi connectivity index (χ4n) is 2.04. The molecule has 0 atom stereocenters. The van der Waals surface area contributed by atoms with E-state index in [4.69, 9.17) is 11.6 Å². The fraction of sp³-hybridized carbons (Fsp3) is 0.500. The summed E-state index contributed by atoms with van der Waals surface area (Å²) in [4.78, 5) is 8.99. The molecule has 2 heterocycles. The fourth-order valence-corrected chi connectivity index (χ4v) is 2.23. The van der Waals surface area contributed by atoms with Crippen LogP contribution < -0.4 is 0 Å². The highest BCUT2D eigenvalue weighted by atomic mass is 35.5. The van der Waals surface area contributed by atoms with Crippen molar-refractivity contribution in [2.75, 3.05) is 0 Å². The average Bonchev–Trinajstić information content (AvgIpc) is 2.82. The molecule has 0 aliphatic carbocycles. The Labute approximate surface area is 118 Å². The smallest absolute Gasteiger partial charge is 0.136 e. The molecule has 0 radical (unpaired) electrons. The monoisotopic (exact) mass is 278 g/mol. The lowest BCUT2D eigenvalue weighted by Crippen LogP contribution is -2.06. The molecule has 0 saturated heterocycles. The summed E-state index contributed by atoms with van der Waals surface area (Å²) in [5.41, 5.74) is 2.83. The van der Waals surface area contributed by atoms with E-state index in [1.54, 1.807) is 6.20 Å². The van der Waals surface area contributed by atoms with Crippen molar-refractivity contribution in [1.82, 2.24) is 19.7 Å². The highest BCUT2D eigenvalue weighted by Gasteiger charge is 2.14. The van der Waals surface area contributed by atoms with Gasteiger partial charge >= 0.3 is 0 Å². The van der Waals surface area contributed by atoms with Crippen molar-refractivity contribution in [1.29, 1.82) is 0 Å². The molecule has 2 rings (SSSR count). The van der Waals surface area contributed by atoms with Gasteiger partial charge < -0.3 is 0 Å². The van der Waals surface area contributed by atoms with E-state index in [0.717, 1.165) is 48.6 Å². The molecule has 2 aromatic heterocycles. The SMILES string of the molecule is CCCc1nc(Cl)c(C)c(-c2ccnn2CCC)n1. The molecular weight excluding hydrogens is 260 g/mol. The second kappa shape index (κ2) is 6.15. The molecule has 102 valence electrons. The normalized spacial score (nSPS) is 10.9. The van der Waals surface area contributed by atoms with Crippen LogP contribution in [0.4, 0.5) is 0 Å². The van der Waals surface area contributed by atoms with Crippen molar-refractivity contribution in [2.45, 2.75) is 46.6 Å². The minimum atomic E-state index is 0.540. The Morgan fingerprint density at radius 1 is 1.21 bits per heavy atom. The zero-order chi connectivity index (χ0) is 13.8. The first kappa shape index (κ1) is 14.0. The topological polar surface area (TPSA) is 43.6 Å². The lowest BCUT2D eigenvalue weighted by atomic mass is 10.2. The third-order valence-electron chi connectivity index (χ3n) is 3.00. The Morgan fingerprint density at radius 2 is 2.00 bits per heavy atom. The number of rotatable bonds is 5. The standard InChI is InChI=1S/C14H19ClN4/c1-4-6-12-17-13(10(3)14(15)18-12)11-7-8-16-19(11)9-5-2/h7-8H,4-6,9H2,1-3H3. The molecule has 5 heteroatoms. The molecule has 0 aliphatic heterocycles. The van der Waals surface area contributed by atoms with Crippen LogP contribution in [0.25, 0.3) is 11.4 Å². The molecule has 0 spiro atoms. The van der Waals surface area contributed by atoms with Gasteiger partial charge in [0.1, 0.15) is 11.0 Å². The van der Waals surface area contributed by atoms with Gasteiger partial charge in [0.2, 0.25) is 0 Å². The van der Waals surface area contributed by atoms with E-state index < -0.39 is 0 Å². The number of hydrogen-bond donors (Lipinski definition) is 0. The molecule has 0 bridgehead atoms. The van der Waals surface area contributed by atoms with E-state index in [-0.39, 0.29) is 0 Å². The second-order valence-electron chi connectivity index (χ2n) is 4.59. The van der Waals surface area contributed by atoms with E-state index in [1.165, 1.54) is 0 Å². The quantitative estimate of drug-likeness (QED) is 0.784. The van der Waals surface area contributed by atoms with Gasteiger partial charge in [-0.1, -0.05) is 25.4 Å². The van der Waals surface area contributed by atoms with Gasteiger partial charge in [-0.05, 0) is 25.8 Å². The van der Waals surface area contributed by atoms with Gasteiger partial charge in [0, 0.05) is 24.7 Å². The average molecular weight is 279 g/mol. The summed E-state index contributed by atoms with van der Waals surface area (Å²) in [5, 5.41) is 4.88. The molecule has 2 aromatic rings. The minimum Gasteiger partial charge on any atom is -0.263 e. The number of hydrogen-bond acceptors (Lipinski definition) is 3. The van der Waals surface area contributed by atoms with Crippen LogP contribution in [0.1, 0.15) is 38.1 Å². The van der Waals surface area contributed by atoms with Crippen molar-refractivity contribution in [3.8, 4) is 11.4 Å². The molecule has 4 nitrogen and oxygen atoms in total. The van der Waals surface area contributed by atoms with Crippen LogP contribution in [0.5, 0.6) is 0 Å². The second-order valence-corrected chi connectivity index (χ2v) is 4.95. The van der Waals surface area contributed by atoms with Crippen molar-refractivity contribution in [3.05, 3.63) is 28.8 Å². The van der Waals surface area contributed by atoms with E-state index in [0.29, 0.717) is 5.15 Å². The third-order valence-corrected chi connectivity index (χ3v) is 3.37. The van der Waals surface area contributed by atoms with Crippen molar-refractivity contribution in [2.24, 2.45) is 0 Å². The van der Waals surface area contributed by atoms with Crippen LogP contribution in [-0.2, 0) is 13.0 Å². The van der Waals surface area contributed by atoms with Crippen molar-refractivity contribution >= 4 is 11.6 Å². The predicted molar refractivity (Wildman–Crippen MR) is 77.3 cm³/mol. The molecule has 19 heavy (non-hydrogen) atoms. The lowest BCUT2D eigenvalue weighted by Gasteiger charge is -2.11. The van der Waals surface area contributed by atoms with Crippen LogP contribution in [-0.4, -0.2) is 19.7 Å². The Hall–Kier alpha value is -1.42. The molecule has 0 unspecified atom stereocenters. The zero-order valence-electron chi connectivity index (χ0n) is 11.6. The lowest BCUT2D eigenvalue weighted by molar-refractivity contribution is 0.607. The number of nitrogens with zero attached hydrogens (tertiary/aromatic N) is 4. The highest BCUT2D eigenvalue weighted by molar-refractivity contribution is 6.30. The van der Waals surface area contributed by atoms with Crippen molar-refractivity contribution < 1.29 is 0 Å². The molecule has 0 saturated carbocycles. The molecule has 0 N–H and O–H groups in total. The molecular formula is C14H19ClN4. The van der Waals surface area contributed by atoms with E-state index >= 15 is 0 Å². The van der Waals surface area contributed by atoms with Crippen LogP contribution in [0.15, 0.2) is 12.3 Å². The van der Waals surface area contributed by atoms with Gasteiger partial charge in [-0.25, -0.2) is 9.97 Å². The Kier molecular flexibility index (Phi) is 4.53. The van der Waals surface area contributed by atoms with Crippen LogP contribution >= 0.6 is 11.6 Å². The maximum Gasteiger partial charge on any atom is 0.136 e. The summed E-state index contributed by atoms with van der Waals surface area (Å²) >= 11 is 6.22. The maximum absolute atomic E-state index is 6.22. The van der Waals surface area contributed by atoms with E-state index in [2.05, 4.69) is 28.9 Å². The molecule has 0 aromatic carbocycles. The Bertz CT molecular complexity index is 563. The first-order valence-electron chi connectivity index (χ1n) is 6.72. The Morgan fingerprint density at radius 3 is 2.68 bits per heavy atom. The van der Waals surface area contributed by atoms with Gasteiger partial charge in [0.25, 0.3) is 0 Å². The first-order chi connectivity index (χ1) is 9.17. The number of aryl methyl sites for hydroxylation is 2. The summed E-state index contributed by atoms with van der Waals surface area (Å²) in [6.07, 6.45) is 4.69. The van der Waals surface area contributed by atoms with Gasteiger partial charge in [0.05, 0.1) is 11.4 Å². The number of aromatic nitrogens is 4. The molecule has 0 fully saturated rings. The summed E-state index contributed by atoms with van der Waals surface area (Å²) in [7, 11) is 0. The summed E-state index contributed by atoms with van der Waals surface area (Å²) < 4.78 is 1.97. The summed E-state index contributed by atoms with van der Waals surface area (Å²) in [6.45, 7) is 7.08. The zero-order valence-corrected chi connectivity index (χ0v) is 12.4. The van der Waals surface area contributed by atoms with Crippen LogP contribution in [0.3, 0.4) is 0 Å². The van der Waals surface area contributed by atoms with Gasteiger partial charge in [-0.15, -0.1) is 0 Å². The minimum absolute atomic E-state index is 0.540. The van der Waals surface area contributed by atoms with Gasteiger partial charge in [-0.3, -0.25) is 4.68 Å². The number of halogens is 1. The Balaban J connectivity index is 2.50. The van der Waals surface area contributed by atoms with Crippen LogP contribution in [0.2, 0.25) is 5.15 Å². The highest BCUT2D eigenvalue weighted by Crippen LogP contribution is 2.26. The van der Waals surface area contributed by atoms with E-state index in [1.807, 2.05) is 17.7 Å². The maximum atomic E-state index is 6.22.